The number of H-pyrrole nitrogens is 1. The molecular weight excluding hydrogens is 392 g/mol. The Bertz CT molecular complexity index is 934. The van der Waals surface area contributed by atoms with Gasteiger partial charge in [0, 0.05) is 36.8 Å². The van der Waals surface area contributed by atoms with Crippen LogP contribution < -0.4 is 10.6 Å². The third kappa shape index (κ3) is 4.97. The third-order valence-electron chi connectivity index (χ3n) is 4.85. The summed E-state index contributed by atoms with van der Waals surface area (Å²) in [6, 6.07) is 3.14. The van der Waals surface area contributed by atoms with E-state index in [1.807, 2.05) is 13.8 Å². The van der Waals surface area contributed by atoms with E-state index in [9.17, 15) is 14.4 Å². The number of nitrogens with zero attached hydrogens (tertiary/aromatic N) is 3. The van der Waals surface area contributed by atoms with Gasteiger partial charge in [-0.05, 0) is 33.1 Å². The molecule has 0 radical (unpaired) electrons. The predicted octanol–water partition coefficient (Wildman–Crippen LogP) is 1.95. The van der Waals surface area contributed by atoms with E-state index in [1.165, 1.54) is 17.9 Å². The molecule has 2 heterocycles. The summed E-state index contributed by atoms with van der Waals surface area (Å²) in [5, 5.41) is 16.5. The number of nitrogens with one attached hydrogen (secondary N) is 3. The van der Waals surface area contributed by atoms with Crippen molar-refractivity contribution in [2.24, 2.45) is 7.05 Å². The molecule has 0 aliphatic heterocycles. The van der Waals surface area contributed by atoms with E-state index >= 15 is 0 Å². The summed E-state index contributed by atoms with van der Waals surface area (Å²) in [5.74, 6) is -0.552. The SMILES string of the molecule is COC(=O)c1cc(C(=O)Nc2cc([C@H]3CC[C@@H](OC(=O)NC(C)C)C3)[nH]n2)n(C)n1. The van der Waals surface area contributed by atoms with E-state index in [4.69, 9.17) is 4.74 Å². The molecule has 0 saturated heterocycles. The highest BCUT2D eigenvalue weighted by Crippen LogP contribution is 2.35. The Labute approximate surface area is 173 Å². The van der Waals surface area contributed by atoms with Crippen molar-refractivity contribution >= 4 is 23.8 Å². The zero-order valence-corrected chi connectivity index (χ0v) is 17.4. The second kappa shape index (κ2) is 8.97. The van der Waals surface area contributed by atoms with E-state index in [1.54, 1.807) is 13.1 Å². The Morgan fingerprint density at radius 2 is 2.03 bits per heavy atom. The summed E-state index contributed by atoms with van der Waals surface area (Å²) in [4.78, 5) is 35.8. The number of rotatable bonds is 6. The van der Waals surface area contributed by atoms with Gasteiger partial charge in [0.05, 0.1) is 7.11 Å². The van der Waals surface area contributed by atoms with Gasteiger partial charge >= 0.3 is 12.1 Å². The molecule has 30 heavy (non-hydrogen) atoms. The number of hydrogen-bond donors (Lipinski definition) is 3. The lowest BCUT2D eigenvalue weighted by atomic mass is 10.0. The number of carbonyl (C=O) groups is 3. The van der Waals surface area contributed by atoms with E-state index in [0.29, 0.717) is 12.2 Å². The molecular formula is C19H26N6O5. The number of esters is 1. The molecule has 1 saturated carbocycles. The number of amides is 2. The van der Waals surface area contributed by atoms with Gasteiger partial charge in [0.15, 0.2) is 11.5 Å². The number of ether oxygens (including phenoxy) is 2. The van der Waals surface area contributed by atoms with Crippen molar-refractivity contribution in [3.05, 3.63) is 29.2 Å². The molecule has 2 atom stereocenters. The Morgan fingerprint density at radius 1 is 1.27 bits per heavy atom. The molecule has 0 unspecified atom stereocenters. The third-order valence-corrected chi connectivity index (χ3v) is 4.85. The van der Waals surface area contributed by atoms with E-state index < -0.39 is 18.0 Å². The normalized spacial score (nSPS) is 18.3. The van der Waals surface area contributed by atoms with Crippen LogP contribution in [0.15, 0.2) is 12.1 Å². The monoisotopic (exact) mass is 418 g/mol. The van der Waals surface area contributed by atoms with E-state index in [-0.39, 0.29) is 29.5 Å². The van der Waals surface area contributed by atoms with Crippen LogP contribution in [0.2, 0.25) is 0 Å². The lowest BCUT2D eigenvalue weighted by molar-refractivity contribution is 0.0593. The number of carbonyl (C=O) groups excluding carboxylic acids is 3. The van der Waals surface area contributed by atoms with Gasteiger partial charge in [0.1, 0.15) is 11.8 Å². The first-order valence-electron chi connectivity index (χ1n) is 9.73. The summed E-state index contributed by atoms with van der Waals surface area (Å²) in [6.45, 7) is 3.75. The number of anilines is 1. The first kappa shape index (κ1) is 21.3. The second-order valence-electron chi connectivity index (χ2n) is 7.53. The average molecular weight is 418 g/mol. The largest absolute Gasteiger partial charge is 0.464 e. The highest BCUT2D eigenvalue weighted by atomic mass is 16.6. The van der Waals surface area contributed by atoms with Crippen LogP contribution in [-0.2, 0) is 16.5 Å². The Kier molecular flexibility index (Phi) is 6.38. The molecule has 2 amide bonds. The van der Waals surface area contributed by atoms with Crippen molar-refractivity contribution in [2.45, 2.75) is 51.2 Å². The van der Waals surface area contributed by atoms with Gasteiger partial charge in [0.2, 0.25) is 0 Å². The summed E-state index contributed by atoms with van der Waals surface area (Å²) in [5.41, 5.74) is 1.11. The second-order valence-corrected chi connectivity index (χ2v) is 7.53. The van der Waals surface area contributed by atoms with Crippen LogP contribution in [-0.4, -0.2) is 57.2 Å². The van der Waals surface area contributed by atoms with Gasteiger partial charge in [-0.1, -0.05) is 0 Å². The van der Waals surface area contributed by atoms with Crippen LogP contribution in [0.25, 0.3) is 0 Å². The molecule has 0 spiro atoms. The Morgan fingerprint density at radius 3 is 2.73 bits per heavy atom. The van der Waals surface area contributed by atoms with Crippen LogP contribution >= 0.6 is 0 Å². The molecule has 1 aliphatic carbocycles. The number of aromatic amines is 1. The minimum Gasteiger partial charge on any atom is -0.464 e. The first-order chi connectivity index (χ1) is 14.3. The average Bonchev–Trinajstić information content (AvgIpc) is 3.40. The van der Waals surface area contributed by atoms with E-state index in [2.05, 4.69) is 30.7 Å². The lowest BCUT2D eigenvalue weighted by Gasteiger charge is -2.14. The molecule has 3 N–H and O–H groups in total. The number of methoxy groups -OCH3 is 1. The molecule has 1 fully saturated rings. The van der Waals surface area contributed by atoms with Gasteiger partial charge < -0.3 is 20.1 Å². The smallest absolute Gasteiger partial charge is 0.407 e. The van der Waals surface area contributed by atoms with E-state index in [0.717, 1.165) is 18.5 Å². The number of hydrogen-bond acceptors (Lipinski definition) is 7. The number of alkyl carbamates (subject to hydrolysis) is 1. The highest BCUT2D eigenvalue weighted by molar-refractivity contribution is 6.03. The van der Waals surface area contributed by atoms with Crippen molar-refractivity contribution < 1.29 is 23.9 Å². The minimum atomic E-state index is -0.619. The predicted molar refractivity (Wildman–Crippen MR) is 106 cm³/mol. The molecule has 2 aromatic rings. The van der Waals surface area contributed by atoms with Gasteiger partial charge in [0.25, 0.3) is 5.91 Å². The van der Waals surface area contributed by atoms with Gasteiger partial charge in [-0.15, -0.1) is 0 Å². The molecule has 0 bridgehead atoms. The van der Waals surface area contributed by atoms with Crippen molar-refractivity contribution in [1.82, 2.24) is 25.3 Å². The Balaban J connectivity index is 1.58. The zero-order valence-electron chi connectivity index (χ0n) is 17.4. The van der Waals surface area contributed by atoms with Crippen LogP contribution in [0.5, 0.6) is 0 Å². The molecule has 3 rings (SSSR count). The van der Waals surface area contributed by atoms with Crippen LogP contribution in [0.1, 0.15) is 65.7 Å². The molecule has 1 aliphatic rings. The topological polar surface area (TPSA) is 140 Å². The molecule has 162 valence electrons. The van der Waals surface area contributed by atoms with Crippen molar-refractivity contribution in [3.63, 3.8) is 0 Å². The molecule has 11 heteroatoms. The van der Waals surface area contributed by atoms with Crippen molar-refractivity contribution in [3.8, 4) is 0 Å². The van der Waals surface area contributed by atoms with Crippen LogP contribution in [0.4, 0.5) is 10.6 Å². The standard InChI is InChI=1S/C19H26N6O5/c1-10(2)20-19(28)30-12-6-5-11(7-12)13-9-16(23-22-13)21-17(26)15-8-14(18(27)29-4)24-25(15)3/h8-12H,5-7H2,1-4H3,(H,20,28)(H2,21,22,23,26)/t11-,12+/m0/s1. The summed E-state index contributed by atoms with van der Waals surface area (Å²) in [7, 11) is 2.81. The van der Waals surface area contributed by atoms with Gasteiger partial charge in [-0.25, -0.2) is 9.59 Å². The maximum Gasteiger partial charge on any atom is 0.407 e. The summed E-state index contributed by atoms with van der Waals surface area (Å²) in [6.07, 6.45) is 1.74. The fourth-order valence-corrected chi connectivity index (χ4v) is 3.42. The highest BCUT2D eigenvalue weighted by Gasteiger charge is 2.30. The summed E-state index contributed by atoms with van der Waals surface area (Å²) >= 11 is 0. The lowest BCUT2D eigenvalue weighted by Crippen LogP contribution is -2.33. The van der Waals surface area contributed by atoms with Crippen molar-refractivity contribution in [2.75, 3.05) is 12.4 Å². The molecule has 2 aromatic heterocycles. The number of aromatic nitrogens is 4. The maximum atomic E-state index is 12.5. The fraction of sp³-hybridized carbons (Fsp3) is 0.526. The van der Waals surface area contributed by atoms with Crippen LogP contribution in [0, 0.1) is 0 Å². The van der Waals surface area contributed by atoms with Crippen LogP contribution in [0.3, 0.4) is 0 Å². The quantitative estimate of drug-likeness (QED) is 0.609. The maximum absolute atomic E-state index is 12.5. The fourth-order valence-electron chi connectivity index (χ4n) is 3.42. The van der Waals surface area contributed by atoms with Gasteiger partial charge in [-0.3, -0.25) is 14.6 Å². The van der Waals surface area contributed by atoms with Crippen molar-refractivity contribution in [1.29, 1.82) is 0 Å². The molecule has 0 aromatic carbocycles. The number of aryl methyl sites for hydroxylation is 1. The molecule has 11 nitrogen and oxygen atoms in total. The Hall–Kier alpha value is -3.37. The first-order valence-corrected chi connectivity index (χ1v) is 9.73. The zero-order chi connectivity index (χ0) is 21.8. The summed E-state index contributed by atoms with van der Waals surface area (Å²) < 4.78 is 11.4. The minimum absolute atomic E-state index is 0.0246. The van der Waals surface area contributed by atoms with Gasteiger partial charge in [-0.2, -0.15) is 10.2 Å².